The summed E-state index contributed by atoms with van der Waals surface area (Å²) in [6.45, 7) is 3.67. The average molecular weight is 208 g/mol. The van der Waals surface area contributed by atoms with Gasteiger partial charge >= 0.3 is 0 Å². The molecule has 1 heterocycles. The molecule has 86 valence electrons. The summed E-state index contributed by atoms with van der Waals surface area (Å²) in [6, 6.07) is 2.32. The van der Waals surface area contributed by atoms with Gasteiger partial charge in [-0.15, -0.1) is 0 Å². The van der Waals surface area contributed by atoms with Gasteiger partial charge in [0.2, 0.25) is 0 Å². The first-order valence-electron chi connectivity index (χ1n) is 6.39. The third-order valence-electron chi connectivity index (χ3n) is 4.05. The van der Waals surface area contributed by atoms with E-state index in [1.54, 1.807) is 0 Å². The molecule has 0 radical (unpaired) electrons. The summed E-state index contributed by atoms with van der Waals surface area (Å²) in [5.41, 5.74) is 0. The van der Waals surface area contributed by atoms with Crippen LogP contribution in [0.2, 0.25) is 0 Å². The van der Waals surface area contributed by atoms with Gasteiger partial charge in [-0.05, 0) is 46.1 Å². The van der Waals surface area contributed by atoms with Gasteiger partial charge in [0.25, 0.3) is 0 Å². The van der Waals surface area contributed by atoms with E-state index >= 15 is 0 Å². The van der Waals surface area contributed by atoms with Crippen molar-refractivity contribution < 1.29 is 0 Å². The molecule has 0 aromatic carbocycles. The van der Waals surface area contributed by atoms with E-state index in [0.29, 0.717) is 0 Å². The van der Waals surface area contributed by atoms with E-state index in [1.165, 1.54) is 38.6 Å². The zero-order chi connectivity index (χ0) is 10.7. The molecule has 0 spiro atoms. The fraction of sp³-hybridized carbons (Fsp3) is 0.846. The standard InChI is InChI=1S/C13H24N2/c1-11-10-12(14-2)8-9-15(11)13-6-4-3-5-7-13/h3-4,11-14H,5-10H2,1-2H3. The van der Waals surface area contributed by atoms with Crippen LogP contribution in [0.15, 0.2) is 12.2 Å². The van der Waals surface area contributed by atoms with E-state index in [9.17, 15) is 0 Å². The lowest BCUT2D eigenvalue weighted by Crippen LogP contribution is -2.51. The number of nitrogens with zero attached hydrogens (tertiary/aromatic N) is 1. The molecule has 0 bridgehead atoms. The molecule has 2 aliphatic rings. The van der Waals surface area contributed by atoms with Crippen LogP contribution in [0, 0.1) is 0 Å². The Kier molecular flexibility index (Phi) is 3.81. The van der Waals surface area contributed by atoms with E-state index < -0.39 is 0 Å². The Morgan fingerprint density at radius 3 is 2.73 bits per heavy atom. The highest BCUT2D eigenvalue weighted by atomic mass is 15.2. The first-order chi connectivity index (χ1) is 7.31. The Balaban J connectivity index is 1.90. The Hall–Kier alpha value is -0.340. The molecule has 0 saturated carbocycles. The molecular weight excluding hydrogens is 184 g/mol. The van der Waals surface area contributed by atoms with Crippen LogP contribution in [-0.2, 0) is 0 Å². The molecule has 1 fully saturated rings. The number of nitrogens with one attached hydrogen (secondary N) is 1. The fourth-order valence-corrected chi connectivity index (χ4v) is 3.07. The maximum Gasteiger partial charge on any atom is 0.0135 e. The minimum Gasteiger partial charge on any atom is -0.317 e. The minimum atomic E-state index is 0.746. The predicted octanol–water partition coefficient (Wildman–Crippen LogP) is 2.17. The van der Waals surface area contributed by atoms with Crippen molar-refractivity contribution in [2.45, 2.75) is 57.2 Å². The molecule has 2 rings (SSSR count). The maximum absolute atomic E-state index is 3.42. The third kappa shape index (κ3) is 2.61. The van der Waals surface area contributed by atoms with Gasteiger partial charge in [0.1, 0.15) is 0 Å². The molecule has 2 heteroatoms. The van der Waals surface area contributed by atoms with Crippen molar-refractivity contribution in [3.63, 3.8) is 0 Å². The summed E-state index contributed by atoms with van der Waals surface area (Å²) in [5.74, 6) is 0. The normalized spacial score (nSPS) is 38.1. The van der Waals surface area contributed by atoms with Gasteiger partial charge in [0.15, 0.2) is 0 Å². The van der Waals surface area contributed by atoms with Crippen molar-refractivity contribution in [3.05, 3.63) is 12.2 Å². The van der Waals surface area contributed by atoms with Gasteiger partial charge in [0, 0.05) is 24.7 Å². The van der Waals surface area contributed by atoms with Crippen LogP contribution < -0.4 is 5.32 Å². The molecule has 1 aliphatic heterocycles. The molecule has 15 heavy (non-hydrogen) atoms. The molecule has 1 aliphatic carbocycles. The molecule has 0 amide bonds. The third-order valence-corrected chi connectivity index (χ3v) is 4.05. The molecule has 3 atom stereocenters. The number of piperidine rings is 1. The number of hydrogen-bond acceptors (Lipinski definition) is 2. The summed E-state index contributed by atoms with van der Waals surface area (Å²) < 4.78 is 0. The van der Waals surface area contributed by atoms with Crippen LogP contribution in [0.3, 0.4) is 0 Å². The SMILES string of the molecule is CNC1CCN(C2CC=CCC2)C(C)C1. The van der Waals surface area contributed by atoms with Crippen molar-refractivity contribution in [2.24, 2.45) is 0 Å². The molecular formula is C13H24N2. The van der Waals surface area contributed by atoms with Gasteiger partial charge in [-0.25, -0.2) is 0 Å². The van der Waals surface area contributed by atoms with Crippen LogP contribution in [0.5, 0.6) is 0 Å². The van der Waals surface area contributed by atoms with Crippen LogP contribution in [0.4, 0.5) is 0 Å². The second kappa shape index (κ2) is 5.13. The number of rotatable bonds is 2. The summed E-state index contributed by atoms with van der Waals surface area (Å²) in [4.78, 5) is 2.73. The van der Waals surface area contributed by atoms with Crippen molar-refractivity contribution in [1.29, 1.82) is 0 Å². The number of likely N-dealkylation sites (tertiary alicyclic amines) is 1. The summed E-state index contributed by atoms with van der Waals surface area (Å²) in [7, 11) is 2.09. The van der Waals surface area contributed by atoms with Crippen LogP contribution in [0.1, 0.15) is 39.0 Å². The van der Waals surface area contributed by atoms with Gasteiger partial charge in [0.05, 0.1) is 0 Å². The molecule has 2 nitrogen and oxygen atoms in total. The highest BCUT2D eigenvalue weighted by molar-refractivity contribution is 4.96. The van der Waals surface area contributed by atoms with E-state index in [0.717, 1.165) is 18.1 Å². The maximum atomic E-state index is 3.42. The van der Waals surface area contributed by atoms with Crippen molar-refractivity contribution >= 4 is 0 Å². The minimum absolute atomic E-state index is 0.746. The lowest BCUT2D eigenvalue weighted by Gasteiger charge is -2.43. The quantitative estimate of drug-likeness (QED) is 0.700. The first kappa shape index (κ1) is 11.2. The molecule has 3 unspecified atom stereocenters. The first-order valence-corrected chi connectivity index (χ1v) is 6.39. The fourth-order valence-electron chi connectivity index (χ4n) is 3.07. The van der Waals surface area contributed by atoms with Crippen molar-refractivity contribution in [2.75, 3.05) is 13.6 Å². The lowest BCUT2D eigenvalue weighted by atomic mass is 9.92. The molecule has 1 saturated heterocycles. The van der Waals surface area contributed by atoms with Gasteiger partial charge < -0.3 is 5.32 Å². The Morgan fingerprint density at radius 2 is 2.13 bits per heavy atom. The highest BCUT2D eigenvalue weighted by Gasteiger charge is 2.29. The van der Waals surface area contributed by atoms with E-state index in [2.05, 4.69) is 36.3 Å². The average Bonchev–Trinajstić information content (AvgIpc) is 2.30. The van der Waals surface area contributed by atoms with Crippen molar-refractivity contribution in [1.82, 2.24) is 10.2 Å². The second-order valence-electron chi connectivity index (χ2n) is 5.04. The smallest absolute Gasteiger partial charge is 0.0135 e. The summed E-state index contributed by atoms with van der Waals surface area (Å²) in [6.07, 6.45) is 11.3. The number of hydrogen-bond donors (Lipinski definition) is 1. The second-order valence-corrected chi connectivity index (χ2v) is 5.04. The Labute approximate surface area is 93.7 Å². The van der Waals surface area contributed by atoms with E-state index in [-0.39, 0.29) is 0 Å². The summed E-state index contributed by atoms with van der Waals surface area (Å²) in [5, 5.41) is 3.42. The van der Waals surface area contributed by atoms with Gasteiger partial charge in [-0.1, -0.05) is 12.2 Å². The van der Waals surface area contributed by atoms with Crippen LogP contribution >= 0.6 is 0 Å². The highest BCUT2D eigenvalue weighted by Crippen LogP contribution is 2.25. The zero-order valence-electron chi connectivity index (χ0n) is 10.1. The van der Waals surface area contributed by atoms with E-state index in [1.807, 2.05) is 0 Å². The van der Waals surface area contributed by atoms with Crippen LogP contribution in [0.25, 0.3) is 0 Å². The lowest BCUT2D eigenvalue weighted by molar-refractivity contribution is 0.0842. The van der Waals surface area contributed by atoms with E-state index in [4.69, 9.17) is 0 Å². The molecule has 1 N–H and O–H groups in total. The zero-order valence-corrected chi connectivity index (χ0v) is 10.1. The topological polar surface area (TPSA) is 15.3 Å². The van der Waals surface area contributed by atoms with Crippen molar-refractivity contribution in [3.8, 4) is 0 Å². The molecule has 0 aromatic rings. The van der Waals surface area contributed by atoms with Crippen LogP contribution in [-0.4, -0.2) is 36.6 Å². The molecule has 0 aromatic heterocycles. The van der Waals surface area contributed by atoms with Gasteiger partial charge in [-0.3, -0.25) is 4.90 Å². The largest absolute Gasteiger partial charge is 0.317 e. The monoisotopic (exact) mass is 208 g/mol. The number of allylic oxidation sites excluding steroid dienone is 1. The predicted molar refractivity (Wildman–Crippen MR) is 65.0 cm³/mol. The Bertz CT molecular complexity index is 225. The van der Waals surface area contributed by atoms with Gasteiger partial charge in [-0.2, -0.15) is 0 Å². The Morgan fingerprint density at radius 1 is 1.27 bits per heavy atom. The summed E-state index contributed by atoms with van der Waals surface area (Å²) >= 11 is 0.